The van der Waals surface area contributed by atoms with Crippen molar-refractivity contribution in [1.82, 2.24) is 10.3 Å². The molecule has 140 valence electrons. The van der Waals surface area contributed by atoms with Crippen molar-refractivity contribution in [2.45, 2.75) is 43.8 Å². The van der Waals surface area contributed by atoms with Crippen molar-refractivity contribution in [3.63, 3.8) is 0 Å². The van der Waals surface area contributed by atoms with Crippen molar-refractivity contribution in [1.29, 1.82) is 0 Å². The van der Waals surface area contributed by atoms with E-state index in [4.69, 9.17) is 28.9 Å². The van der Waals surface area contributed by atoms with Gasteiger partial charge in [0.2, 0.25) is 0 Å². The van der Waals surface area contributed by atoms with Gasteiger partial charge in [-0.3, -0.25) is 4.98 Å². The molecule has 1 fully saturated rings. The van der Waals surface area contributed by atoms with Crippen molar-refractivity contribution in [3.05, 3.63) is 75.9 Å². The first-order valence-corrected chi connectivity index (χ1v) is 10.2. The number of rotatable bonds is 4. The second kappa shape index (κ2) is 8.15. The van der Waals surface area contributed by atoms with E-state index in [0.717, 1.165) is 47.2 Å². The maximum Gasteiger partial charge on any atom is 0.0720 e. The standard InChI is InChI=1S/C22H23Cl2N3/c23-15-3-1-2-14(12-15)22(27-18-7-5-17(25)6-8-18)20-10-11-26-21-13-16(24)4-9-19(20)21/h1-4,9-13,17-18,22,27H,5-8,25H2. The number of pyridine rings is 1. The average Bonchev–Trinajstić information content (AvgIpc) is 2.67. The fourth-order valence-corrected chi connectivity index (χ4v) is 4.33. The Morgan fingerprint density at radius 3 is 2.52 bits per heavy atom. The first kappa shape index (κ1) is 18.7. The summed E-state index contributed by atoms with van der Waals surface area (Å²) in [5.41, 5.74) is 9.34. The Balaban J connectivity index is 1.76. The molecule has 0 saturated heterocycles. The Hall–Kier alpha value is -1.65. The number of fused-ring (bicyclic) bond motifs is 1. The number of nitrogens with two attached hydrogens (primary N) is 1. The minimum Gasteiger partial charge on any atom is -0.328 e. The van der Waals surface area contributed by atoms with E-state index >= 15 is 0 Å². The molecule has 1 aliphatic carbocycles. The fraction of sp³-hybridized carbons (Fsp3) is 0.318. The maximum atomic E-state index is 6.30. The smallest absolute Gasteiger partial charge is 0.0720 e. The van der Waals surface area contributed by atoms with Crippen molar-refractivity contribution in [2.75, 3.05) is 0 Å². The number of hydrogen-bond acceptors (Lipinski definition) is 3. The van der Waals surface area contributed by atoms with Crippen molar-refractivity contribution in [2.24, 2.45) is 5.73 Å². The zero-order chi connectivity index (χ0) is 18.8. The largest absolute Gasteiger partial charge is 0.328 e. The number of halogens is 2. The van der Waals surface area contributed by atoms with Crippen LogP contribution in [0.15, 0.2) is 54.7 Å². The summed E-state index contributed by atoms with van der Waals surface area (Å²) in [5, 5.41) is 6.41. The van der Waals surface area contributed by atoms with E-state index < -0.39 is 0 Å². The molecule has 1 aliphatic rings. The molecule has 2 aromatic carbocycles. The summed E-state index contributed by atoms with van der Waals surface area (Å²) in [5.74, 6) is 0. The molecular weight excluding hydrogens is 377 g/mol. The Morgan fingerprint density at radius 2 is 1.74 bits per heavy atom. The molecule has 0 bridgehead atoms. The van der Waals surface area contributed by atoms with Gasteiger partial charge in [-0.2, -0.15) is 0 Å². The van der Waals surface area contributed by atoms with E-state index in [1.165, 1.54) is 5.56 Å². The maximum absolute atomic E-state index is 6.30. The van der Waals surface area contributed by atoms with Crippen molar-refractivity contribution in [3.8, 4) is 0 Å². The van der Waals surface area contributed by atoms with E-state index in [0.29, 0.717) is 17.1 Å². The highest BCUT2D eigenvalue weighted by Crippen LogP contribution is 2.32. The molecule has 5 heteroatoms. The molecule has 3 nitrogen and oxygen atoms in total. The topological polar surface area (TPSA) is 50.9 Å². The monoisotopic (exact) mass is 399 g/mol. The van der Waals surface area contributed by atoms with Crippen LogP contribution in [0.4, 0.5) is 0 Å². The van der Waals surface area contributed by atoms with Crippen molar-refractivity contribution >= 4 is 34.1 Å². The number of hydrogen-bond donors (Lipinski definition) is 2. The van der Waals surface area contributed by atoms with Crippen LogP contribution in [0.5, 0.6) is 0 Å². The quantitative estimate of drug-likeness (QED) is 0.609. The van der Waals surface area contributed by atoms with E-state index in [-0.39, 0.29) is 6.04 Å². The second-order valence-corrected chi connectivity index (χ2v) is 8.20. The minimum absolute atomic E-state index is 0.0368. The van der Waals surface area contributed by atoms with Crippen LogP contribution in [0.25, 0.3) is 10.9 Å². The lowest BCUT2D eigenvalue weighted by Crippen LogP contribution is -2.39. The van der Waals surface area contributed by atoms with Crippen LogP contribution in [-0.2, 0) is 0 Å². The molecule has 27 heavy (non-hydrogen) atoms. The lowest BCUT2D eigenvalue weighted by atomic mass is 9.89. The summed E-state index contributed by atoms with van der Waals surface area (Å²) < 4.78 is 0. The highest BCUT2D eigenvalue weighted by molar-refractivity contribution is 6.31. The predicted octanol–water partition coefficient (Wildman–Crippen LogP) is 5.49. The third kappa shape index (κ3) is 4.27. The van der Waals surface area contributed by atoms with Gasteiger partial charge < -0.3 is 11.1 Å². The van der Waals surface area contributed by atoms with Crippen LogP contribution in [-0.4, -0.2) is 17.1 Å². The number of aromatic nitrogens is 1. The molecule has 0 spiro atoms. The average molecular weight is 400 g/mol. The van der Waals surface area contributed by atoms with E-state index in [1.54, 1.807) is 0 Å². The predicted molar refractivity (Wildman–Crippen MR) is 113 cm³/mol. The SMILES string of the molecule is NC1CCC(NC(c2cccc(Cl)c2)c2ccnc3cc(Cl)ccc23)CC1. The van der Waals surface area contributed by atoms with Crippen LogP contribution in [0.2, 0.25) is 10.0 Å². The van der Waals surface area contributed by atoms with Crippen LogP contribution >= 0.6 is 23.2 Å². The first-order valence-electron chi connectivity index (χ1n) is 9.41. The Kier molecular flexibility index (Phi) is 5.65. The number of nitrogens with one attached hydrogen (secondary N) is 1. The van der Waals surface area contributed by atoms with E-state index in [1.807, 2.05) is 36.5 Å². The van der Waals surface area contributed by atoms with Gasteiger partial charge in [0.1, 0.15) is 0 Å². The summed E-state index contributed by atoms with van der Waals surface area (Å²) in [6, 6.07) is 16.8. The molecule has 1 unspecified atom stereocenters. The van der Waals surface area contributed by atoms with Gasteiger partial charge in [0.25, 0.3) is 0 Å². The van der Waals surface area contributed by atoms with Gasteiger partial charge in [0.15, 0.2) is 0 Å². The first-order chi connectivity index (χ1) is 13.1. The van der Waals surface area contributed by atoms with Crippen LogP contribution in [0.3, 0.4) is 0 Å². The van der Waals surface area contributed by atoms with Gasteiger partial charge >= 0.3 is 0 Å². The van der Waals surface area contributed by atoms with Crippen LogP contribution in [0, 0.1) is 0 Å². The van der Waals surface area contributed by atoms with Crippen molar-refractivity contribution < 1.29 is 0 Å². The van der Waals surface area contributed by atoms with E-state index in [2.05, 4.69) is 28.5 Å². The molecule has 3 N–H and O–H groups in total. The zero-order valence-corrected chi connectivity index (χ0v) is 16.5. The van der Waals surface area contributed by atoms with Crippen LogP contribution < -0.4 is 11.1 Å². The third-order valence-corrected chi connectivity index (χ3v) is 5.88. The van der Waals surface area contributed by atoms with Gasteiger partial charge in [-0.1, -0.05) is 41.4 Å². The van der Waals surface area contributed by atoms with Gasteiger partial charge in [-0.05, 0) is 67.1 Å². The third-order valence-electron chi connectivity index (χ3n) is 5.41. The number of nitrogens with zero attached hydrogens (tertiary/aromatic N) is 1. The molecular formula is C22H23Cl2N3. The summed E-state index contributed by atoms with van der Waals surface area (Å²) in [4.78, 5) is 4.50. The Labute approximate surface area is 169 Å². The molecule has 0 aliphatic heterocycles. The number of benzene rings is 2. The van der Waals surface area contributed by atoms with Gasteiger partial charge in [-0.15, -0.1) is 0 Å². The molecule has 3 aromatic rings. The molecule has 1 atom stereocenters. The fourth-order valence-electron chi connectivity index (χ4n) is 3.97. The molecule has 4 rings (SSSR count). The normalized spacial score (nSPS) is 21.3. The Bertz CT molecular complexity index is 936. The second-order valence-electron chi connectivity index (χ2n) is 7.33. The molecule has 1 aromatic heterocycles. The summed E-state index contributed by atoms with van der Waals surface area (Å²) >= 11 is 12.5. The van der Waals surface area contributed by atoms with Gasteiger partial charge in [0, 0.05) is 33.7 Å². The molecule has 0 radical (unpaired) electrons. The van der Waals surface area contributed by atoms with Gasteiger partial charge in [0.05, 0.1) is 11.6 Å². The minimum atomic E-state index is 0.0368. The lowest BCUT2D eigenvalue weighted by Gasteiger charge is -2.32. The van der Waals surface area contributed by atoms with Crippen LogP contribution in [0.1, 0.15) is 42.9 Å². The summed E-state index contributed by atoms with van der Waals surface area (Å²) in [6.07, 6.45) is 6.16. The lowest BCUT2D eigenvalue weighted by molar-refractivity contribution is 0.328. The zero-order valence-electron chi connectivity index (χ0n) is 15.0. The highest BCUT2D eigenvalue weighted by Gasteiger charge is 2.24. The van der Waals surface area contributed by atoms with Gasteiger partial charge in [-0.25, -0.2) is 0 Å². The highest BCUT2D eigenvalue weighted by atomic mass is 35.5. The summed E-state index contributed by atoms with van der Waals surface area (Å²) in [6.45, 7) is 0. The molecule has 1 heterocycles. The Morgan fingerprint density at radius 1 is 0.963 bits per heavy atom. The summed E-state index contributed by atoms with van der Waals surface area (Å²) in [7, 11) is 0. The van der Waals surface area contributed by atoms with E-state index in [9.17, 15) is 0 Å². The molecule has 0 amide bonds. The molecule has 1 saturated carbocycles.